The van der Waals surface area contributed by atoms with E-state index >= 15 is 0 Å². The van der Waals surface area contributed by atoms with Crippen LogP contribution in [0.1, 0.15) is 33.4 Å². The van der Waals surface area contributed by atoms with Gasteiger partial charge in [-0.2, -0.15) is 8.61 Å². The van der Waals surface area contributed by atoms with E-state index in [1.54, 1.807) is 28.6 Å². The molecule has 212 valence electrons. The second-order valence-corrected chi connectivity index (χ2v) is 19.9. The Balaban J connectivity index is 1.45. The van der Waals surface area contributed by atoms with Gasteiger partial charge in [0.15, 0.2) is 0 Å². The Hall–Kier alpha value is -3.08. The molecule has 0 amide bonds. The molecule has 0 fully saturated rings. The van der Waals surface area contributed by atoms with Crippen LogP contribution >= 0.6 is 0 Å². The summed E-state index contributed by atoms with van der Waals surface area (Å²) < 4.78 is 58.1. The second kappa shape index (κ2) is 10.0. The van der Waals surface area contributed by atoms with Crippen LogP contribution in [0.25, 0.3) is 0 Å². The number of benzene rings is 4. The Morgan fingerprint density at radius 3 is 1.59 bits per heavy atom. The van der Waals surface area contributed by atoms with E-state index in [-0.39, 0.29) is 36.0 Å². The summed E-state index contributed by atoms with van der Waals surface area (Å²) in [6.45, 7) is 9.47. The largest absolute Gasteiger partial charge is 0.243 e. The molecule has 2 heterocycles. The average Bonchev–Trinajstić information content (AvgIpc) is 3.59. The zero-order valence-corrected chi connectivity index (χ0v) is 26.4. The molecule has 4 aromatic carbocycles. The van der Waals surface area contributed by atoms with E-state index in [4.69, 9.17) is 0 Å². The molecule has 2 aliphatic rings. The molecule has 0 aromatic heterocycles. The van der Waals surface area contributed by atoms with Crippen LogP contribution in [0.3, 0.4) is 0 Å². The van der Waals surface area contributed by atoms with Crippen LogP contribution in [0.5, 0.6) is 0 Å². The number of fused-ring (bicyclic) bond motifs is 3. The van der Waals surface area contributed by atoms with Crippen molar-refractivity contribution in [2.45, 2.75) is 62.9 Å². The highest BCUT2D eigenvalue weighted by Gasteiger charge is 2.41. The molecule has 0 aliphatic carbocycles. The van der Waals surface area contributed by atoms with Crippen LogP contribution < -0.4 is 10.4 Å². The van der Waals surface area contributed by atoms with Gasteiger partial charge in [0.1, 0.15) is 8.07 Å². The lowest BCUT2D eigenvalue weighted by Crippen LogP contribution is -2.54. The first kappa shape index (κ1) is 28.1. The first-order chi connectivity index (χ1) is 19.4. The molecule has 0 bridgehead atoms. The van der Waals surface area contributed by atoms with E-state index in [9.17, 15) is 16.8 Å². The maximum Gasteiger partial charge on any atom is 0.243 e. The van der Waals surface area contributed by atoms with Gasteiger partial charge in [-0.05, 0) is 65.6 Å². The van der Waals surface area contributed by atoms with Gasteiger partial charge in [-0.25, -0.2) is 16.8 Å². The molecule has 0 N–H and O–H groups in total. The smallest absolute Gasteiger partial charge is 0.207 e. The number of rotatable bonds is 6. The summed E-state index contributed by atoms with van der Waals surface area (Å²) in [7, 11) is -9.72. The Bertz CT molecular complexity index is 1850. The third kappa shape index (κ3) is 4.79. The second-order valence-electron chi connectivity index (χ2n) is 11.7. The predicted octanol–water partition coefficient (Wildman–Crippen LogP) is 4.54. The van der Waals surface area contributed by atoms with Gasteiger partial charge in [-0.3, -0.25) is 0 Å². The normalized spacial score (nSPS) is 16.1. The van der Waals surface area contributed by atoms with Crippen LogP contribution in [0.2, 0.25) is 13.1 Å². The predicted molar refractivity (Wildman–Crippen MR) is 165 cm³/mol. The van der Waals surface area contributed by atoms with Gasteiger partial charge in [0.2, 0.25) is 20.0 Å². The zero-order valence-electron chi connectivity index (χ0n) is 23.8. The van der Waals surface area contributed by atoms with Crippen molar-refractivity contribution in [1.82, 2.24) is 8.61 Å². The molecule has 9 heteroatoms. The minimum atomic E-state index is -3.74. The number of sulfonamides is 2. The molecule has 6 rings (SSSR count). The topological polar surface area (TPSA) is 74.8 Å². The first-order valence-corrected chi connectivity index (χ1v) is 19.6. The Kier molecular flexibility index (Phi) is 6.86. The lowest BCUT2D eigenvalue weighted by atomic mass is 10.00. The summed E-state index contributed by atoms with van der Waals surface area (Å²) in [4.78, 5) is 0.549. The van der Waals surface area contributed by atoms with Crippen molar-refractivity contribution in [3.05, 3.63) is 118 Å². The van der Waals surface area contributed by atoms with Crippen LogP contribution in [-0.2, 0) is 46.2 Å². The molecule has 2 aliphatic heterocycles. The molecule has 0 unspecified atom stereocenters. The Morgan fingerprint density at radius 2 is 1.05 bits per heavy atom. The van der Waals surface area contributed by atoms with Crippen molar-refractivity contribution in [2.75, 3.05) is 0 Å². The van der Waals surface area contributed by atoms with Crippen molar-refractivity contribution in [1.29, 1.82) is 0 Å². The summed E-state index contributed by atoms with van der Waals surface area (Å²) >= 11 is 0. The first-order valence-electron chi connectivity index (χ1n) is 13.7. The minimum Gasteiger partial charge on any atom is -0.207 e. The van der Waals surface area contributed by atoms with E-state index in [0.717, 1.165) is 33.4 Å². The Morgan fingerprint density at radius 1 is 0.585 bits per heavy atom. The number of nitrogens with zero attached hydrogens (tertiary/aromatic N) is 2. The molecule has 41 heavy (non-hydrogen) atoms. The van der Waals surface area contributed by atoms with Crippen LogP contribution in [-0.4, -0.2) is 33.5 Å². The number of hydrogen-bond donors (Lipinski definition) is 0. The van der Waals surface area contributed by atoms with Crippen LogP contribution in [0, 0.1) is 13.8 Å². The van der Waals surface area contributed by atoms with Crippen molar-refractivity contribution in [3.63, 3.8) is 0 Å². The van der Waals surface area contributed by atoms with Gasteiger partial charge in [0.25, 0.3) is 0 Å². The molecule has 0 radical (unpaired) electrons. The molecular weight excluding hydrogens is 569 g/mol. The van der Waals surface area contributed by atoms with E-state index in [2.05, 4.69) is 31.3 Å². The average molecular weight is 603 g/mol. The molecule has 0 atom stereocenters. The third-order valence-electron chi connectivity index (χ3n) is 8.60. The van der Waals surface area contributed by atoms with E-state index in [0.29, 0.717) is 0 Å². The van der Waals surface area contributed by atoms with Crippen LogP contribution in [0.4, 0.5) is 0 Å². The fourth-order valence-electron chi connectivity index (χ4n) is 6.05. The summed E-state index contributed by atoms with van der Waals surface area (Å²) in [5.41, 5.74) is 5.92. The maximum absolute atomic E-state index is 13.8. The molecule has 0 saturated heterocycles. The monoisotopic (exact) mass is 602 g/mol. The zero-order chi connectivity index (χ0) is 29.2. The van der Waals surface area contributed by atoms with Crippen molar-refractivity contribution in [2.24, 2.45) is 0 Å². The fraction of sp³-hybridized carbons (Fsp3) is 0.250. The van der Waals surface area contributed by atoms with Crippen LogP contribution in [0.15, 0.2) is 94.7 Å². The molecule has 0 spiro atoms. The van der Waals surface area contributed by atoms with Gasteiger partial charge in [-0.1, -0.05) is 90.1 Å². The quantitative estimate of drug-likeness (QED) is 0.304. The number of aryl methyl sites for hydroxylation is 2. The highest BCUT2D eigenvalue weighted by Crippen LogP contribution is 2.38. The van der Waals surface area contributed by atoms with Gasteiger partial charge >= 0.3 is 0 Å². The standard InChI is InChI=1S/C32H34N2O4S2Si/c1-23-10-14-26(15-11-23)39(35,36)33-19-25-18-32(41(3,4)28-8-6-5-7-9-28)31-22-34(21-30(31)29(25)20-33)40(37,38)27-16-12-24(2)13-17-27/h5-18H,19-22H2,1-4H3. The molecule has 6 nitrogen and oxygen atoms in total. The summed E-state index contributed by atoms with van der Waals surface area (Å²) in [6.07, 6.45) is 0. The van der Waals surface area contributed by atoms with Crippen molar-refractivity contribution in [3.8, 4) is 0 Å². The summed E-state index contributed by atoms with van der Waals surface area (Å²) in [6, 6.07) is 26.5. The molecular formula is C32H34N2O4S2Si. The highest BCUT2D eigenvalue weighted by molar-refractivity contribution is 7.89. The molecule has 0 saturated carbocycles. The SMILES string of the molecule is Cc1ccc(S(=O)(=O)N2Cc3cc([Si](C)(C)c4ccccc4)c4c(c3C2)CN(S(=O)(=O)c2ccc(C)cc2)C4)cc1. The number of hydrogen-bond acceptors (Lipinski definition) is 4. The lowest BCUT2D eigenvalue weighted by molar-refractivity contribution is 0.423. The maximum atomic E-state index is 13.8. The lowest BCUT2D eigenvalue weighted by Gasteiger charge is -2.27. The van der Waals surface area contributed by atoms with E-state index in [1.807, 2.05) is 56.3 Å². The van der Waals surface area contributed by atoms with E-state index in [1.165, 1.54) is 14.7 Å². The van der Waals surface area contributed by atoms with E-state index < -0.39 is 28.1 Å². The van der Waals surface area contributed by atoms with Crippen molar-refractivity contribution >= 4 is 38.5 Å². The van der Waals surface area contributed by atoms with Gasteiger partial charge < -0.3 is 0 Å². The van der Waals surface area contributed by atoms with Gasteiger partial charge in [-0.15, -0.1) is 0 Å². The molecule has 4 aromatic rings. The fourth-order valence-corrected chi connectivity index (χ4v) is 11.7. The Labute approximate surface area is 244 Å². The van der Waals surface area contributed by atoms with Gasteiger partial charge in [0.05, 0.1) is 9.79 Å². The minimum absolute atomic E-state index is 0.236. The van der Waals surface area contributed by atoms with Crippen molar-refractivity contribution < 1.29 is 16.8 Å². The summed E-state index contributed by atoms with van der Waals surface area (Å²) in [5, 5.41) is 2.43. The summed E-state index contributed by atoms with van der Waals surface area (Å²) in [5.74, 6) is 0. The van der Waals surface area contributed by atoms with Gasteiger partial charge in [0, 0.05) is 26.2 Å². The highest BCUT2D eigenvalue weighted by atomic mass is 32.2. The third-order valence-corrected chi connectivity index (χ3v) is 15.8.